The highest BCUT2D eigenvalue weighted by atomic mass is 32.2. The number of benzene rings is 1. The molecule has 0 aliphatic carbocycles. The Balaban J connectivity index is 1.59. The molecule has 32 heavy (non-hydrogen) atoms. The molecule has 8 heteroatoms. The third kappa shape index (κ3) is 4.67. The molecule has 3 heterocycles. The van der Waals surface area contributed by atoms with E-state index in [0.29, 0.717) is 6.42 Å². The molecule has 0 N–H and O–H groups in total. The van der Waals surface area contributed by atoms with Crippen molar-refractivity contribution >= 4 is 21.4 Å². The fourth-order valence-electron chi connectivity index (χ4n) is 4.91. The maximum absolute atomic E-state index is 13.5. The first-order chi connectivity index (χ1) is 15.0. The molecule has 2 atom stereocenters. The minimum absolute atomic E-state index is 0.116. The molecule has 6 nitrogen and oxygen atoms in total. The van der Waals surface area contributed by atoms with Gasteiger partial charge in [-0.05, 0) is 77.5 Å². The van der Waals surface area contributed by atoms with E-state index in [1.165, 1.54) is 4.47 Å². The summed E-state index contributed by atoms with van der Waals surface area (Å²) >= 11 is 1.58. The van der Waals surface area contributed by atoms with Crippen LogP contribution in [0.1, 0.15) is 69.9 Å². The molecule has 0 radical (unpaired) electrons. The number of rotatable bonds is 6. The Kier molecular flexibility index (Phi) is 6.57. The van der Waals surface area contributed by atoms with Crippen LogP contribution in [0.5, 0.6) is 0 Å². The molecule has 2 aromatic rings. The van der Waals surface area contributed by atoms with Gasteiger partial charge in [0.15, 0.2) is 0 Å². The van der Waals surface area contributed by atoms with Gasteiger partial charge in [-0.3, -0.25) is 9.68 Å². The van der Waals surface area contributed by atoms with Gasteiger partial charge in [-0.25, -0.2) is 8.42 Å². The van der Waals surface area contributed by atoms with Crippen LogP contribution in [-0.2, 0) is 19.7 Å². The third-order valence-corrected chi connectivity index (χ3v) is 9.19. The molecule has 0 saturated carbocycles. The van der Waals surface area contributed by atoms with Crippen molar-refractivity contribution in [2.75, 3.05) is 6.61 Å². The average molecular weight is 479 g/mol. The van der Waals surface area contributed by atoms with Crippen LogP contribution in [0.15, 0.2) is 46.7 Å². The summed E-state index contributed by atoms with van der Waals surface area (Å²) < 4.78 is 28.2. The van der Waals surface area contributed by atoms with E-state index < -0.39 is 16.1 Å². The number of hydrogen-bond acceptors (Lipinski definition) is 6. The van der Waals surface area contributed by atoms with E-state index in [4.69, 9.17) is 9.68 Å². The molecule has 2 aliphatic rings. The van der Waals surface area contributed by atoms with Crippen LogP contribution < -0.4 is 0 Å². The minimum atomic E-state index is -3.82. The minimum Gasteiger partial charge on any atom is -0.296 e. The van der Waals surface area contributed by atoms with E-state index in [-0.39, 0.29) is 28.7 Å². The highest BCUT2D eigenvalue weighted by molar-refractivity contribution is 7.89. The molecular formula is C24H34N2O4S2. The summed E-state index contributed by atoms with van der Waals surface area (Å²) in [7, 11) is -3.82. The fourth-order valence-corrected chi connectivity index (χ4v) is 7.12. The van der Waals surface area contributed by atoms with Crippen LogP contribution in [-0.4, -0.2) is 41.7 Å². The lowest BCUT2D eigenvalue weighted by Crippen LogP contribution is -2.59. The number of thiophene rings is 1. The van der Waals surface area contributed by atoms with Crippen LogP contribution in [0, 0.1) is 6.92 Å². The second-order valence-corrected chi connectivity index (χ2v) is 12.9. The van der Waals surface area contributed by atoms with Gasteiger partial charge in [-0.2, -0.15) is 5.06 Å². The first-order valence-corrected chi connectivity index (χ1v) is 13.6. The van der Waals surface area contributed by atoms with E-state index in [1.807, 2.05) is 36.6 Å². The number of nitrogens with zero attached hydrogens (tertiary/aromatic N) is 2. The highest BCUT2D eigenvalue weighted by Gasteiger charge is 2.46. The van der Waals surface area contributed by atoms with Gasteiger partial charge < -0.3 is 0 Å². The predicted octanol–water partition coefficient (Wildman–Crippen LogP) is 5.47. The van der Waals surface area contributed by atoms with Gasteiger partial charge in [0.05, 0.1) is 17.5 Å². The number of hydroxylamine groups is 3. The zero-order valence-electron chi connectivity index (χ0n) is 19.6. The maximum atomic E-state index is 13.5. The standard InChI is InChI=1S/C24H34N2O4S2/c1-18-9-11-20(12-10-18)32(27,28)25-19(16-21(30-25)22-8-6-15-31-22)17-29-26-23(2,3)13-7-14-24(26,4)5/h6,8-12,15,19,21H,7,13-14,16-17H2,1-5H3/t19-,21+/m0/s1. The Morgan fingerprint density at radius 3 is 2.34 bits per heavy atom. The lowest BCUT2D eigenvalue weighted by Gasteiger charge is -2.51. The zero-order chi connectivity index (χ0) is 23.1. The number of piperidine rings is 1. The normalized spacial score (nSPS) is 26.4. The van der Waals surface area contributed by atoms with E-state index in [2.05, 4.69) is 32.8 Å². The molecule has 2 fully saturated rings. The van der Waals surface area contributed by atoms with E-state index in [0.717, 1.165) is 29.7 Å². The Bertz CT molecular complexity index is 1000. The molecule has 176 valence electrons. The van der Waals surface area contributed by atoms with Gasteiger partial charge in [0, 0.05) is 22.4 Å². The van der Waals surface area contributed by atoms with Crippen LogP contribution in [0.3, 0.4) is 0 Å². The molecular weight excluding hydrogens is 444 g/mol. The monoisotopic (exact) mass is 478 g/mol. The summed E-state index contributed by atoms with van der Waals surface area (Å²) in [6.07, 6.45) is 3.49. The van der Waals surface area contributed by atoms with Crippen molar-refractivity contribution in [3.8, 4) is 0 Å². The van der Waals surface area contributed by atoms with Crippen LogP contribution >= 0.6 is 11.3 Å². The molecule has 2 saturated heterocycles. The Morgan fingerprint density at radius 2 is 1.75 bits per heavy atom. The van der Waals surface area contributed by atoms with E-state index in [9.17, 15) is 8.42 Å². The van der Waals surface area contributed by atoms with Crippen LogP contribution in [0.25, 0.3) is 0 Å². The lowest BCUT2D eigenvalue weighted by molar-refractivity contribution is -0.287. The van der Waals surface area contributed by atoms with E-state index >= 15 is 0 Å². The lowest BCUT2D eigenvalue weighted by atomic mass is 9.82. The van der Waals surface area contributed by atoms with Gasteiger partial charge in [-0.1, -0.05) is 28.2 Å². The van der Waals surface area contributed by atoms with Crippen molar-refractivity contribution in [2.45, 2.75) is 88.4 Å². The first kappa shape index (κ1) is 23.9. The Labute approximate surface area is 196 Å². The number of sulfonamides is 1. The average Bonchev–Trinajstić information content (AvgIpc) is 3.37. The molecule has 0 bridgehead atoms. The smallest absolute Gasteiger partial charge is 0.265 e. The second-order valence-electron chi connectivity index (χ2n) is 10.1. The van der Waals surface area contributed by atoms with Gasteiger partial charge >= 0.3 is 0 Å². The van der Waals surface area contributed by atoms with Gasteiger partial charge in [0.2, 0.25) is 0 Å². The number of aryl methyl sites for hydroxylation is 1. The van der Waals surface area contributed by atoms with Crippen LogP contribution in [0.2, 0.25) is 0 Å². The number of hydrogen-bond donors (Lipinski definition) is 0. The Hall–Kier alpha value is -1.29. The van der Waals surface area contributed by atoms with Gasteiger partial charge in [0.1, 0.15) is 6.10 Å². The molecule has 4 rings (SSSR count). The highest BCUT2D eigenvalue weighted by Crippen LogP contribution is 2.41. The summed E-state index contributed by atoms with van der Waals surface area (Å²) in [6.45, 7) is 10.9. The second kappa shape index (κ2) is 8.81. The molecule has 0 amide bonds. The molecule has 1 aromatic carbocycles. The zero-order valence-corrected chi connectivity index (χ0v) is 21.2. The van der Waals surface area contributed by atoms with Crippen molar-refractivity contribution in [1.29, 1.82) is 0 Å². The third-order valence-electron chi connectivity index (χ3n) is 6.50. The largest absolute Gasteiger partial charge is 0.296 e. The van der Waals surface area contributed by atoms with Crippen molar-refractivity contribution in [2.24, 2.45) is 0 Å². The molecule has 2 aliphatic heterocycles. The summed E-state index contributed by atoms with van der Waals surface area (Å²) in [6, 6.07) is 10.4. The topological polar surface area (TPSA) is 59.1 Å². The molecule has 0 unspecified atom stereocenters. The fraction of sp³-hybridized carbons (Fsp3) is 0.583. The van der Waals surface area contributed by atoms with Crippen molar-refractivity contribution < 1.29 is 18.1 Å². The summed E-state index contributed by atoms with van der Waals surface area (Å²) in [5.41, 5.74) is 0.779. The summed E-state index contributed by atoms with van der Waals surface area (Å²) in [5, 5.41) is 4.07. The summed E-state index contributed by atoms with van der Waals surface area (Å²) in [5.74, 6) is 0. The molecule has 0 spiro atoms. The first-order valence-electron chi connectivity index (χ1n) is 11.3. The van der Waals surface area contributed by atoms with Crippen LogP contribution in [0.4, 0.5) is 0 Å². The summed E-state index contributed by atoms with van der Waals surface area (Å²) in [4.78, 5) is 13.7. The molecule has 1 aromatic heterocycles. The SMILES string of the molecule is Cc1ccc(S(=O)(=O)N2O[C@@H](c3cccs3)C[C@H]2CON2C(C)(C)CCCC2(C)C)cc1. The van der Waals surface area contributed by atoms with E-state index in [1.54, 1.807) is 23.5 Å². The van der Waals surface area contributed by atoms with Crippen molar-refractivity contribution in [3.63, 3.8) is 0 Å². The van der Waals surface area contributed by atoms with Gasteiger partial charge in [0.25, 0.3) is 10.0 Å². The maximum Gasteiger partial charge on any atom is 0.265 e. The van der Waals surface area contributed by atoms with Crippen molar-refractivity contribution in [3.05, 3.63) is 52.2 Å². The van der Waals surface area contributed by atoms with Gasteiger partial charge in [-0.15, -0.1) is 11.3 Å². The Morgan fingerprint density at radius 1 is 1.09 bits per heavy atom. The quantitative estimate of drug-likeness (QED) is 0.551. The van der Waals surface area contributed by atoms with Crippen molar-refractivity contribution in [1.82, 2.24) is 9.53 Å². The predicted molar refractivity (Wildman–Crippen MR) is 127 cm³/mol.